The van der Waals surface area contributed by atoms with Crippen LogP contribution >= 0.6 is 15.9 Å². The van der Waals surface area contributed by atoms with Crippen molar-refractivity contribution in [3.05, 3.63) is 22.2 Å². The number of carbonyl (C=O) groups excluding carboxylic acids is 1. The molecule has 2 aliphatic rings. The van der Waals surface area contributed by atoms with Crippen molar-refractivity contribution in [3.63, 3.8) is 0 Å². The Balaban J connectivity index is 1.92. The Morgan fingerprint density at radius 2 is 2.14 bits per heavy atom. The first kappa shape index (κ1) is 15.0. The van der Waals surface area contributed by atoms with Crippen LogP contribution in [-0.2, 0) is 21.2 Å². The summed E-state index contributed by atoms with van der Waals surface area (Å²) in [6.07, 6.45) is 2.22. The van der Waals surface area contributed by atoms with Gasteiger partial charge in [0.15, 0.2) is 0 Å². The Bertz CT molecular complexity index is 701. The fraction of sp³-hybridized carbons (Fsp3) is 0.462. The maximum Gasteiger partial charge on any atom is 0.242 e. The number of anilines is 1. The van der Waals surface area contributed by atoms with E-state index in [0.717, 1.165) is 12.8 Å². The van der Waals surface area contributed by atoms with Crippen LogP contribution in [0.5, 0.6) is 0 Å². The molecule has 0 radical (unpaired) electrons. The molecule has 0 aromatic heterocycles. The Morgan fingerprint density at radius 1 is 1.43 bits per heavy atom. The zero-order chi connectivity index (χ0) is 15.2. The SMILES string of the molecule is NCC(NS(=O)(=O)c1cc2c(cc1Br)NC(=O)C2)C1CC1. The van der Waals surface area contributed by atoms with Gasteiger partial charge in [0.05, 0.1) is 11.3 Å². The van der Waals surface area contributed by atoms with Crippen molar-refractivity contribution in [1.29, 1.82) is 0 Å². The maximum absolute atomic E-state index is 12.5. The lowest BCUT2D eigenvalue weighted by atomic mass is 10.2. The van der Waals surface area contributed by atoms with Crippen LogP contribution in [0, 0.1) is 5.92 Å². The van der Waals surface area contributed by atoms with Gasteiger partial charge in [-0.15, -0.1) is 0 Å². The molecular weight excluding hydrogens is 358 g/mol. The molecule has 1 aliphatic carbocycles. The highest BCUT2D eigenvalue weighted by Crippen LogP contribution is 2.35. The monoisotopic (exact) mass is 373 g/mol. The third-order valence-electron chi connectivity index (χ3n) is 3.82. The van der Waals surface area contributed by atoms with Gasteiger partial charge in [-0.05, 0) is 52.4 Å². The zero-order valence-corrected chi connectivity index (χ0v) is 13.6. The molecule has 1 aliphatic heterocycles. The van der Waals surface area contributed by atoms with Crippen molar-refractivity contribution in [2.75, 3.05) is 11.9 Å². The number of carbonyl (C=O) groups is 1. The molecule has 21 heavy (non-hydrogen) atoms. The third kappa shape index (κ3) is 2.98. The lowest BCUT2D eigenvalue weighted by Gasteiger charge is -2.17. The molecule has 1 unspecified atom stereocenters. The normalized spacial score (nSPS) is 19.2. The fourth-order valence-corrected chi connectivity index (χ4v) is 4.94. The quantitative estimate of drug-likeness (QED) is 0.715. The summed E-state index contributed by atoms with van der Waals surface area (Å²) in [5.74, 6) is 0.207. The van der Waals surface area contributed by atoms with Crippen LogP contribution in [0.2, 0.25) is 0 Å². The van der Waals surface area contributed by atoms with Gasteiger partial charge in [0.2, 0.25) is 15.9 Å². The lowest BCUT2D eigenvalue weighted by molar-refractivity contribution is -0.115. The number of hydrogen-bond donors (Lipinski definition) is 3. The van der Waals surface area contributed by atoms with Crippen LogP contribution in [0.4, 0.5) is 5.69 Å². The van der Waals surface area contributed by atoms with Crippen molar-refractivity contribution >= 4 is 37.5 Å². The molecule has 1 saturated carbocycles. The Morgan fingerprint density at radius 3 is 2.76 bits per heavy atom. The minimum absolute atomic E-state index is 0.128. The maximum atomic E-state index is 12.5. The first-order valence-electron chi connectivity index (χ1n) is 6.75. The Kier molecular flexibility index (Phi) is 3.81. The largest absolute Gasteiger partial charge is 0.329 e. The van der Waals surface area contributed by atoms with Crippen LogP contribution in [-0.4, -0.2) is 26.9 Å². The van der Waals surface area contributed by atoms with Crippen molar-refractivity contribution in [1.82, 2.24) is 4.72 Å². The topological polar surface area (TPSA) is 101 Å². The van der Waals surface area contributed by atoms with Gasteiger partial charge in [0, 0.05) is 22.7 Å². The molecule has 4 N–H and O–H groups in total. The molecule has 8 heteroatoms. The Labute approximate surface area is 131 Å². The van der Waals surface area contributed by atoms with E-state index in [1.165, 1.54) is 0 Å². The van der Waals surface area contributed by atoms with Gasteiger partial charge in [-0.2, -0.15) is 0 Å². The summed E-state index contributed by atoms with van der Waals surface area (Å²) in [6, 6.07) is 2.94. The minimum Gasteiger partial charge on any atom is -0.329 e. The molecule has 1 aromatic rings. The molecule has 0 spiro atoms. The number of rotatable bonds is 5. The van der Waals surface area contributed by atoms with Gasteiger partial charge in [-0.1, -0.05) is 0 Å². The molecule has 3 rings (SSSR count). The van der Waals surface area contributed by atoms with Gasteiger partial charge in [-0.25, -0.2) is 13.1 Å². The average Bonchev–Trinajstić information content (AvgIpc) is 3.17. The summed E-state index contributed by atoms with van der Waals surface area (Å²) in [7, 11) is -3.66. The highest BCUT2D eigenvalue weighted by atomic mass is 79.9. The first-order valence-corrected chi connectivity index (χ1v) is 9.03. The summed E-state index contributed by atoms with van der Waals surface area (Å²) in [4.78, 5) is 11.5. The summed E-state index contributed by atoms with van der Waals surface area (Å²) in [5, 5.41) is 2.69. The molecule has 1 fully saturated rings. The zero-order valence-electron chi connectivity index (χ0n) is 11.2. The summed E-state index contributed by atoms with van der Waals surface area (Å²) in [6.45, 7) is 0.284. The summed E-state index contributed by atoms with van der Waals surface area (Å²) in [5.41, 5.74) is 7.00. The molecule has 0 saturated heterocycles. The Hall–Kier alpha value is -0.960. The molecule has 1 heterocycles. The second kappa shape index (κ2) is 5.35. The van der Waals surface area contributed by atoms with E-state index in [1.54, 1.807) is 12.1 Å². The number of halogens is 1. The van der Waals surface area contributed by atoms with Crippen LogP contribution in [0.25, 0.3) is 0 Å². The van der Waals surface area contributed by atoms with E-state index in [1.807, 2.05) is 0 Å². The number of sulfonamides is 1. The second-order valence-corrected chi connectivity index (χ2v) is 8.00. The smallest absolute Gasteiger partial charge is 0.242 e. The number of hydrogen-bond acceptors (Lipinski definition) is 4. The second-order valence-electron chi connectivity index (χ2n) is 5.47. The van der Waals surface area contributed by atoms with Gasteiger partial charge >= 0.3 is 0 Å². The van der Waals surface area contributed by atoms with Crippen LogP contribution in [0.1, 0.15) is 18.4 Å². The van der Waals surface area contributed by atoms with E-state index in [2.05, 4.69) is 26.0 Å². The van der Waals surface area contributed by atoms with Gasteiger partial charge in [0.1, 0.15) is 0 Å². The van der Waals surface area contributed by atoms with E-state index in [9.17, 15) is 13.2 Å². The van der Waals surface area contributed by atoms with E-state index in [0.29, 0.717) is 21.6 Å². The third-order valence-corrected chi connectivity index (χ3v) is 6.27. The molecule has 114 valence electrons. The number of amides is 1. The molecule has 6 nitrogen and oxygen atoms in total. The van der Waals surface area contributed by atoms with E-state index in [4.69, 9.17) is 5.73 Å². The van der Waals surface area contributed by atoms with Crippen molar-refractivity contribution < 1.29 is 13.2 Å². The standard InChI is InChI=1S/C13H16BrN3O3S/c14-9-5-10-8(4-13(18)16-10)3-12(9)21(19,20)17-11(6-15)7-1-2-7/h3,5,7,11,17H,1-2,4,6,15H2,(H,16,18). The van der Waals surface area contributed by atoms with E-state index < -0.39 is 10.0 Å². The van der Waals surface area contributed by atoms with Crippen molar-refractivity contribution in [3.8, 4) is 0 Å². The minimum atomic E-state index is -3.66. The molecule has 1 amide bonds. The van der Waals surface area contributed by atoms with Crippen LogP contribution in [0.3, 0.4) is 0 Å². The van der Waals surface area contributed by atoms with Crippen molar-refractivity contribution in [2.24, 2.45) is 11.7 Å². The molecule has 1 aromatic carbocycles. The molecular formula is C13H16BrN3O3S. The first-order chi connectivity index (χ1) is 9.90. The number of nitrogens with two attached hydrogens (primary N) is 1. The van der Waals surface area contributed by atoms with Crippen LogP contribution in [0.15, 0.2) is 21.5 Å². The fourth-order valence-electron chi connectivity index (χ4n) is 2.53. The number of fused-ring (bicyclic) bond motifs is 1. The predicted molar refractivity (Wildman–Crippen MR) is 82.4 cm³/mol. The summed E-state index contributed by atoms with van der Waals surface area (Å²) >= 11 is 3.27. The molecule has 1 atom stereocenters. The average molecular weight is 374 g/mol. The van der Waals surface area contributed by atoms with Gasteiger partial charge < -0.3 is 11.1 Å². The molecule has 0 bridgehead atoms. The van der Waals surface area contributed by atoms with Crippen LogP contribution < -0.4 is 15.8 Å². The van der Waals surface area contributed by atoms with Gasteiger partial charge in [0.25, 0.3) is 0 Å². The van der Waals surface area contributed by atoms with E-state index in [-0.39, 0.29) is 29.8 Å². The van der Waals surface area contributed by atoms with E-state index >= 15 is 0 Å². The predicted octanol–water partition coefficient (Wildman–Crippen LogP) is 0.959. The van der Waals surface area contributed by atoms with Crippen molar-refractivity contribution in [2.45, 2.75) is 30.2 Å². The number of benzene rings is 1. The highest BCUT2D eigenvalue weighted by molar-refractivity contribution is 9.10. The highest BCUT2D eigenvalue weighted by Gasteiger charge is 2.34. The summed E-state index contributed by atoms with van der Waals surface area (Å²) < 4.78 is 28.2. The number of nitrogens with one attached hydrogen (secondary N) is 2. The lowest BCUT2D eigenvalue weighted by Crippen LogP contribution is -2.41. The van der Waals surface area contributed by atoms with Gasteiger partial charge in [-0.3, -0.25) is 4.79 Å².